The molecular weight excluding hydrogens is 357 g/mol. The number of carbonyl (C=O) groups is 1. The predicted molar refractivity (Wildman–Crippen MR) is 85.4 cm³/mol. The maximum Gasteiger partial charge on any atom is 0.416 e. The van der Waals surface area contributed by atoms with Crippen molar-refractivity contribution in [3.63, 3.8) is 0 Å². The lowest BCUT2D eigenvalue weighted by atomic mass is 10.1. The highest BCUT2D eigenvalue weighted by molar-refractivity contribution is 5.92. The topological polar surface area (TPSA) is 38.3 Å². The third-order valence-corrected chi connectivity index (χ3v) is 3.27. The maximum atomic E-state index is 12.6. The molecule has 0 saturated carbocycles. The Bertz CT molecular complexity index is 787. The maximum absolute atomic E-state index is 12.6. The first-order valence-corrected chi connectivity index (χ1v) is 7.41. The summed E-state index contributed by atoms with van der Waals surface area (Å²) in [6.07, 6.45) is -2.10. The van der Waals surface area contributed by atoms with Gasteiger partial charge >= 0.3 is 12.8 Å². The number of nitrogens with one attached hydrogen (secondary N) is 1. The summed E-state index contributed by atoms with van der Waals surface area (Å²) in [7, 11) is 0. The van der Waals surface area contributed by atoms with E-state index >= 15 is 0 Å². The summed E-state index contributed by atoms with van der Waals surface area (Å²) >= 11 is 0. The zero-order valence-electron chi connectivity index (χ0n) is 13.3. The molecule has 3 nitrogen and oxygen atoms in total. The minimum Gasteiger partial charge on any atom is -0.434 e. The Morgan fingerprint density at radius 2 is 1.85 bits per heavy atom. The Kier molecular flexibility index (Phi) is 6.32. The van der Waals surface area contributed by atoms with Crippen LogP contribution in [0.1, 0.15) is 16.7 Å². The van der Waals surface area contributed by atoms with Crippen molar-refractivity contribution in [2.45, 2.75) is 19.3 Å². The van der Waals surface area contributed by atoms with Crippen LogP contribution in [0.3, 0.4) is 0 Å². The van der Waals surface area contributed by atoms with Crippen LogP contribution in [-0.4, -0.2) is 12.5 Å². The van der Waals surface area contributed by atoms with Gasteiger partial charge in [0.1, 0.15) is 5.75 Å². The van der Waals surface area contributed by atoms with E-state index in [9.17, 15) is 26.7 Å². The molecule has 0 aliphatic heterocycles. The van der Waals surface area contributed by atoms with Crippen molar-refractivity contribution >= 4 is 12.0 Å². The van der Waals surface area contributed by atoms with Crippen molar-refractivity contribution in [1.29, 1.82) is 0 Å². The number of hydrogen-bond acceptors (Lipinski definition) is 2. The number of alkyl halides is 5. The summed E-state index contributed by atoms with van der Waals surface area (Å²) in [5.41, 5.74) is -0.261. The molecule has 0 spiro atoms. The van der Waals surface area contributed by atoms with Gasteiger partial charge in [0, 0.05) is 18.2 Å². The van der Waals surface area contributed by atoms with Gasteiger partial charge in [0.25, 0.3) is 0 Å². The summed E-state index contributed by atoms with van der Waals surface area (Å²) in [6.45, 7) is -3.11. The molecule has 0 heterocycles. The van der Waals surface area contributed by atoms with Gasteiger partial charge in [-0.1, -0.05) is 30.3 Å². The Labute approximate surface area is 146 Å². The lowest BCUT2D eigenvalue weighted by Gasteiger charge is -2.09. The van der Waals surface area contributed by atoms with Crippen LogP contribution in [0.25, 0.3) is 6.08 Å². The molecule has 1 amide bonds. The van der Waals surface area contributed by atoms with Crippen molar-refractivity contribution in [1.82, 2.24) is 5.32 Å². The van der Waals surface area contributed by atoms with E-state index in [0.29, 0.717) is 0 Å². The second-order valence-corrected chi connectivity index (χ2v) is 5.17. The van der Waals surface area contributed by atoms with Crippen LogP contribution in [0.2, 0.25) is 0 Å². The summed E-state index contributed by atoms with van der Waals surface area (Å²) in [5, 5.41) is 2.43. The van der Waals surface area contributed by atoms with E-state index in [1.54, 1.807) is 6.07 Å². The first-order valence-electron chi connectivity index (χ1n) is 7.41. The number of amides is 1. The van der Waals surface area contributed by atoms with Crippen LogP contribution in [0.15, 0.2) is 54.6 Å². The van der Waals surface area contributed by atoms with E-state index < -0.39 is 24.3 Å². The molecule has 2 aromatic rings. The number of benzene rings is 2. The monoisotopic (exact) mass is 371 g/mol. The van der Waals surface area contributed by atoms with E-state index in [1.807, 2.05) is 0 Å². The highest BCUT2D eigenvalue weighted by Crippen LogP contribution is 2.29. The summed E-state index contributed by atoms with van der Waals surface area (Å²) in [6, 6.07) is 10.5. The summed E-state index contributed by atoms with van der Waals surface area (Å²) < 4.78 is 66.9. The Hall–Kier alpha value is -2.90. The number of hydrogen-bond donors (Lipinski definition) is 1. The van der Waals surface area contributed by atoms with Gasteiger partial charge in [-0.05, 0) is 29.8 Å². The first kappa shape index (κ1) is 19.4. The first-order chi connectivity index (χ1) is 12.3. The number of carbonyl (C=O) groups excluding carboxylic acids is 1. The van der Waals surface area contributed by atoms with E-state index in [1.165, 1.54) is 36.4 Å². The lowest BCUT2D eigenvalue weighted by Crippen LogP contribution is -2.20. The van der Waals surface area contributed by atoms with Gasteiger partial charge in [-0.15, -0.1) is 0 Å². The Balaban J connectivity index is 1.99. The summed E-state index contributed by atoms with van der Waals surface area (Å²) in [5.74, 6) is -0.682. The normalized spacial score (nSPS) is 11.8. The molecule has 138 valence electrons. The van der Waals surface area contributed by atoms with Gasteiger partial charge in [-0.2, -0.15) is 22.0 Å². The second-order valence-electron chi connectivity index (χ2n) is 5.17. The Morgan fingerprint density at radius 3 is 2.54 bits per heavy atom. The predicted octanol–water partition coefficient (Wildman–Crippen LogP) is 4.64. The average molecular weight is 371 g/mol. The van der Waals surface area contributed by atoms with E-state index in [2.05, 4.69) is 10.1 Å². The summed E-state index contributed by atoms with van der Waals surface area (Å²) in [4.78, 5) is 11.8. The third kappa shape index (κ3) is 5.87. The van der Waals surface area contributed by atoms with Crippen LogP contribution in [-0.2, 0) is 17.5 Å². The highest BCUT2D eigenvalue weighted by atomic mass is 19.4. The van der Waals surface area contributed by atoms with Gasteiger partial charge in [0.2, 0.25) is 5.91 Å². The van der Waals surface area contributed by atoms with Gasteiger partial charge in [0.15, 0.2) is 0 Å². The molecule has 0 aliphatic carbocycles. The SMILES string of the molecule is O=C(/C=C/c1ccccc1OC(F)F)NCc1cccc(C(F)(F)F)c1. The zero-order chi connectivity index (χ0) is 19.2. The molecule has 0 aliphatic rings. The van der Waals surface area contributed by atoms with Crippen molar-refractivity contribution in [3.8, 4) is 5.75 Å². The van der Waals surface area contributed by atoms with E-state index in [-0.39, 0.29) is 23.4 Å². The number of para-hydroxylation sites is 1. The van der Waals surface area contributed by atoms with Crippen LogP contribution < -0.4 is 10.1 Å². The van der Waals surface area contributed by atoms with Crippen LogP contribution in [0.4, 0.5) is 22.0 Å². The van der Waals surface area contributed by atoms with E-state index in [0.717, 1.165) is 18.2 Å². The molecule has 0 bridgehead atoms. The molecule has 2 rings (SSSR count). The highest BCUT2D eigenvalue weighted by Gasteiger charge is 2.30. The van der Waals surface area contributed by atoms with E-state index in [4.69, 9.17) is 0 Å². The molecule has 0 fully saturated rings. The number of rotatable bonds is 6. The molecular formula is C18H14F5NO2. The van der Waals surface area contributed by atoms with Crippen LogP contribution in [0, 0.1) is 0 Å². The molecule has 1 N–H and O–H groups in total. The molecule has 0 unspecified atom stereocenters. The zero-order valence-corrected chi connectivity index (χ0v) is 13.3. The second kappa shape index (κ2) is 8.46. The number of halogens is 5. The fourth-order valence-corrected chi connectivity index (χ4v) is 2.09. The van der Waals surface area contributed by atoms with Gasteiger partial charge in [-0.3, -0.25) is 4.79 Å². The Morgan fingerprint density at radius 1 is 1.12 bits per heavy atom. The minimum absolute atomic E-state index is 0.0931. The average Bonchev–Trinajstić information content (AvgIpc) is 2.58. The molecule has 26 heavy (non-hydrogen) atoms. The minimum atomic E-state index is -4.46. The van der Waals surface area contributed by atoms with Gasteiger partial charge < -0.3 is 10.1 Å². The smallest absolute Gasteiger partial charge is 0.416 e. The molecule has 0 aromatic heterocycles. The van der Waals surface area contributed by atoms with Crippen LogP contribution in [0.5, 0.6) is 5.75 Å². The van der Waals surface area contributed by atoms with Gasteiger partial charge in [-0.25, -0.2) is 0 Å². The molecule has 0 saturated heterocycles. The quantitative estimate of drug-likeness (QED) is 0.594. The van der Waals surface area contributed by atoms with Gasteiger partial charge in [0.05, 0.1) is 5.56 Å². The fourth-order valence-electron chi connectivity index (χ4n) is 2.09. The van der Waals surface area contributed by atoms with Crippen LogP contribution >= 0.6 is 0 Å². The number of ether oxygens (including phenoxy) is 1. The van der Waals surface area contributed by atoms with Crippen molar-refractivity contribution in [3.05, 3.63) is 71.3 Å². The lowest BCUT2D eigenvalue weighted by molar-refractivity contribution is -0.137. The molecule has 2 aromatic carbocycles. The molecule has 0 radical (unpaired) electrons. The van der Waals surface area contributed by atoms with Crippen molar-refractivity contribution < 1.29 is 31.5 Å². The standard InChI is InChI=1S/C18H14F5NO2/c19-17(20)26-15-7-2-1-5-13(15)8-9-16(25)24-11-12-4-3-6-14(10-12)18(21,22)23/h1-10,17H,11H2,(H,24,25)/b9-8+. The van der Waals surface area contributed by atoms with Crippen molar-refractivity contribution in [2.75, 3.05) is 0 Å². The van der Waals surface area contributed by atoms with Crippen molar-refractivity contribution in [2.24, 2.45) is 0 Å². The molecule has 8 heteroatoms. The molecule has 0 atom stereocenters. The third-order valence-electron chi connectivity index (χ3n) is 3.27. The fraction of sp³-hybridized carbons (Fsp3) is 0.167. The largest absolute Gasteiger partial charge is 0.434 e.